The van der Waals surface area contributed by atoms with E-state index in [1.54, 1.807) is 12.3 Å². The van der Waals surface area contributed by atoms with Crippen molar-refractivity contribution in [3.05, 3.63) is 42.2 Å². The summed E-state index contributed by atoms with van der Waals surface area (Å²) in [6.45, 7) is 4.48. The van der Waals surface area contributed by atoms with Gasteiger partial charge in [-0.15, -0.1) is 0 Å². The second-order valence-corrected chi connectivity index (χ2v) is 10.7. The maximum atomic E-state index is 14.8. The number of anilines is 2. The van der Waals surface area contributed by atoms with Crippen LogP contribution in [0.15, 0.2) is 35.7 Å². The third-order valence-electron chi connectivity index (χ3n) is 5.56. The molecule has 4 rings (SSSR count). The van der Waals surface area contributed by atoms with Gasteiger partial charge in [0.05, 0.1) is 36.5 Å². The Bertz CT molecular complexity index is 1360. The van der Waals surface area contributed by atoms with Crippen LogP contribution in [0.3, 0.4) is 0 Å². The molecular weight excluding hydrogens is 437 g/mol. The molecule has 0 bridgehead atoms. The number of rotatable bonds is 4. The molecule has 1 aliphatic heterocycles. The smallest absolute Gasteiger partial charge is 0.232 e. The van der Waals surface area contributed by atoms with Crippen LogP contribution >= 0.6 is 0 Å². The number of methoxy groups -OCH3 is 1. The Morgan fingerprint density at radius 3 is 2.62 bits per heavy atom. The number of aromatic nitrogens is 4. The van der Waals surface area contributed by atoms with E-state index in [-0.39, 0.29) is 11.4 Å². The quantitative estimate of drug-likeness (QED) is 0.560. The second kappa shape index (κ2) is 7.33. The Hall–Kier alpha value is -3.41. The molecule has 4 heterocycles. The van der Waals surface area contributed by atoms with Crippen LogP contribution in [-0.2, 0) is 15.4 Å². The summed E-state index contributed by atoms with van der Waals surface area (Å²) >= 11 is 0. The largest absolute Gasteiger partial charge is 0.480 e. The molecule has 32 heavy (non-hydrogen) atoms. The minimum atomic E-state index is -3.70. The summed E-state index contributed by atoms with van der Waals surface area (Å²) < 4.78 is 44.2. The first-order chi connectivity index (χ1) is 15.0. The Morgan fingerprint density at radius 1 is 1.19 bits per heavy atom. The molecule has 10 nitrogen and oxygen atoms in total. The zero-order valence-electron chi connectivity index (χ0n) is 17.9. The van der Waals surface area contributed by atoms with Crippen molar-refractivity contribution < 1.29 is 17.5 Å². The number of hydrogen-bond acceptors (Lipinski definition) is 10. The highest BCUT2D eigenvalue weighted by molar-refractivity contribution is 7.93. The van der Waals surface area contributed by atoms with E-state index in [1.807, 2.05) is 0 Å². The molecule has 0 aliphatic carbocycles. The maximum absolute atomic E-state index is 14.8. The van der Waals surface area contributed by atoms with E-state index in [0.29, 0.717) is 28.4 Å². The number of amidine groups is 1. The van der Waals surface area contributed by atoms with Crippen LogP contribution in [0.25, 0.3) is 11.0 Å². The first-order valence-corrected chi connectivity index (χ1v) is 11.3. The minimum Gasteiger partial charge on any atom is -0.480 e. The molecule has 1 atom stereocenters. The van der Waals surface area contributed by atoms with Crippen molar-refractivity contribution in [3.63, 3.8) is 0 Å². The van der Waals surface area contributed by atoms with Crippen molar-refractivity contribution in [3.8, 4) is 5.88 Å². The lowest BCUT2D eigenvalue weighted by molar-refractivity contribution is 0.397. The molecule has 12 heteroatoms. The molecular formula is C20H22FN7O3S. The zero-order chi connectivity index (χ0) is 23.3. The molecule has 1 aliphatic rings. The topological polar surface area (TPSA) is 145 Å². The molecule has 0 amide bonds. The predicted molar refractivity (Wildman–Crippen MR) is 118 cm³/mol. The highest BCUT2D eigenvalue weighted by atomic mass is 32.2. The minimum absolute atomic E-state index is 0.00230. The number of nitrogens with one attached hydrogen (secondary N) is 1. The fourth-order valence-electron chi connectivity index (χ4n) is 3.43. The van der Waals surface area contributed by atoms with Crippen molar-refractivity contribution in [2.45, 2.75) is 31.1 Å². The van der Waals surface area contributed by atoms with Crippen molar-refractivity contribution in [2.75, 3.05) is 18.2 Å². The van der Waals surface area contributed by atoms with Crippen molar-refractivity contribution in [1.29, 1.82) is 0 Å². The Labute approximate surface area is 184 Å². The third kappa shape index (κ3) is 3.49. The number of pyridine rings is 2. The number of nitrogens with two attached hydrogens (primary N) is 1. The monoisotopic (exact) mass is 459 g/mol. The van der Waals surface area contributed by atoms with E-state index >= 15 is 0 Å². The SMILES string of the molecule is COc1cnc2c(Nc3cnc(F)c([C@]4(C)CS(=O)(=O)C(C)(C)C(N)=N4)c3)nccc2n1. The van der Waals surface area contributed by atoms with Gasteiger partial charge < -0.3 is 15.8 Å². The lowest BCUT2D eigenvalue weighted by Crippen LogP contribution is -2.55. The van der Waals surface area contributed by atoms with Gasteiger partial charge in [-0.3, -0.25) is 4.99 Å². The summed E-state index contributed by atoms with van der Waals surface area (Å²) in [6.07, 6.45) is 4.27. The number of fused-ring (bicyclic) bond motifs is 1. The van der Waals surface area contributed by atoms with Crippen LogP contribution in [0, 0.1) is 5.95 Å². The van der Waals surface area contributed by atoms with Gasteiger partial charge in [-0.2, -0.15) is 4.39 Å². The van der Waals surface area contributed by atoms with Crippen LogP contribution in [0.1, 0.15) is 26.3 Å². The van der Waals surface area contributed by atoms with Gasteiger partial charge in [-0.05, 0) is 32.9 Å². The molecule has 0 fully saturated rings. The highest BCUT2D eigenvalue weighted by Gasteiger charge is 2.49. The molecule has 0 saturated carbocycles. The third-order valence-corrected chi connectivity index (χ3v) is 8.27. The number of nitrogens with zero attached hydrogens (tertiary/aromatic N) is 5. The molecule has 3 aromatic heterocycles. The predicted octanol–water partition coefficient (Wildman–Crippen LogP) is 2.09. The Balaban J connectivity index is 1.77. The molecule has 0 radical (unpaired) electrons. The standard InChI is InChI=1S/C20H22FN7O3S/c1-19(2)18(22)28-20(3,10-32(19,29)30)12-7-11(8-25-16(12)21)26-17-15-13(5-6-23-17)27-14(31-4)9-24-15/h5-9H,10H2,1-4H3,(H2,22,28)(H,23,26)/t20-/m0/s1. The molecule has 168 valence electrons. The molecule has 0 aromatic carbocycles. The molecule has 0 spiro atoms. The van der Waals surface area contributed by atoms with Gasteiger partial charge in [0, 0.05) is 11.8 Å². The maximum Gasteiger partial charge on any atom is 0.232 e. The average molecular weight is 460 g/mol. The van der Waals surface area contributed by atoms with Gasteiger partial charge in [0.25, 0.3) is 0 Å². The fourth-order valence-corrected chi connectivity index (χ4v) is 5.11. The van der Waals surface area contributed by atoms with Crippen LogP contribution in [0.5, 0.6) is 5.88 Å². The highest BCUT2D eigenvalue weighted by Crippen LogP contribution is 2.38. The average Bonchev–Trinajstić information content (AvgIpc) is 2.73. The van der Waals surface area contributed by atoms with E-state index in [9.17, 15) is 12.8 Å². The number of hydrogen-bond donors (Lipinski definition) is 2. The summed E-state index contributed by atoms with van der Waals surface area (Å²) in [5, 5.41) is 3.04. The molecule has 0 saturated heterocycles. The van der Waals surface area contributed by atoms with Crippen molar-refractivity contribution in [1.82, 2.24) is 19.9 Å². The van der Waals surface area contributed by atoms with E-state index in [0.717, 1.165) is 0 Å². The molecule has 0 unspecified atom stereocenters. The Kier molecular flexibility index (Phi) is 4.99. The number of sulfone groups is 1. The number of aliphatic imine (C=N–C) groups is 1. The van der Waals surface area contributed by atoms with Gasteiger partial charge >= 0.3 is 0 Å². The fraction of sp³-hybridized carbons (Fsp3) is 0.350. The number of ether oxygens (including phenoxy) is 1. The van der Waals surface area contributed by atoms with E-state index in [4.69, 9.17) is 10.5 Å². The van der Waals surface area contributed by atoms with Crippen LogP contribution in [0.2, 0.25) is 0 Å². The Morgan fingerprint density at radius 2 is 1.94 bits per heavy atom. The second-order valence-electron chi connectivity index (χ2n) is 8.17. The molecule has 3 aromatic rings. The van der Waals surface area contributed by atoms with E-state index in [1.165, 1.54) is 46.3 Å². The van der Waals surface area contributed by atoms with Gasteiger partial charge in [0.1, 0.15) is 21.6 Å². The summed E-state index contributed by atoms with van der Waals surface area (Å²) in [6, 6.07) is 3.13. The lowest BCUT2D eigenvalue weighted by atomic mass is 9.94. The van der Waals surface area contributed by atoms with Gasteiger partial charge in [-0.25, -0.2) is 28.4 Å². The van der Waals surface area contributed by atoms with Crippen molar-refractivity contribution in [2.24, 2.45) is 10.7 Å². The first-order valence-electron chi connectivity index (χ1n) is 9.64. The van der Waals surface area contributed by atoms with Gasteiger partial charge in [0.15, 0.2) is 15.7 Å². The summed E-state index contributed by atoms with van der Waals surface area (Å²) in [5.41, 5.74) is 5.92. The van der Waals surface area contributed by atoms with Gasteiger partial charge in [-0.1, -0.05) is 0 Å². The van der Waals surface area contributed by atoms with Crippen LogP contribution in [0.4, 0.5) is 15.9 Å². The number of halogens is 1. The first kappa shape index (κ1) is 21.8. The zero-order valence-corrected chi connectivity index (χ0v) is 18.7. The van der Waals surface area contributed by atoms with E-state index in [2.05, 4.69) is 30.2 Å². The summed E-state index contributed by atoms with van der Waals surface area (Å²) in [4.78, 5) is 21.1. The summed E-state index contributed by atoms with van der Waals surface area (Å²) in [7, 11) is -2.21. The van der Waals surface area contributed by atoms with E-state index < -0.39 is 31.8 Å². The van der Waals surface area contributed by atoms with Crippen LogP contribution < -0.4 is 15.8 Å². The summed E-state index contributed by atoms with van der Waals surface area (Å²) in [5.74, 6) is -0.607. The normalized spacial score (nSPS) is 21.7. The van der Waals surface area contributed by atoms with Crippen LogP contribution in [-0.4, -0.2) is 51.8 Å². The van der Waals surface area contributed by atoms with Crippen molar-refractivity contribution >= 4 is 38.2 Å². The van der Waals surface area contributed by atoms with Gasteiger partial charge in [0.2, 0.25) is 11.8 Å². The lowest BCUT2D eigenvalue weighted by Gasteiger charge is -2.37. The molecule has 3 N–H and O–H groups in total.